The fraction of sp³-hybridized carbons (Fsp3) is 0.103. The smallest absolute Gasteiger partial charge is 0.132 e. The summed E-state index contributed by atoms with van der Waals surface area (Å²) in [4.78, 5) is 16.8. The van der Waals surface area contributed by atoms with E-state index in [1.54, 1.807) is 0 Å². The number of nitrogens with one attached hydrogen (secondary N) is 2. The van der Waals surface area contributed by atoms with Crippen molar-refractivity contribution in [2.75, 3.05) is 21.1 Å². The Labute approximate surface area is 198 Å². The Bertz CT molecular complexity index is 1530. The van der Waals surface area contributed by atoms with Gasteiger partial charge < -0.3 is 9.97 Å². The van der Waals surface area contributed by atoms with Crippen LogP contribution in [-0.2, 0) is 0 Å². The monoisotopic (exact) mass is 444 g/mol. The van der Waals surface area contributed by atoms with Gasteiger partial charge in [-0.15, -0.1) is 0 Å². The van der Waals surface area contributed by atoms with E-state index < -0.39 is 0 Å². The van der Waals surface area contributed by atoms with E-state index >= 15 is 0 Å². The van der Waals surface area contributed by atoms with Crippen LogP contribution in [0.15, 0.2) is 66.7 Å². The molecule has 2 aliphatic rings. The van der Waals surface area contributed by atoms with Crippen molar-refractivity contribution in [3.05, 3.63) is 89.5 Å². The van der Waals surface area contributed by atoms with E-state index in [0.29, 0.717) is 0 Å². The second-order valence-corrected chi connectivity index (χ2v) is 9.62. The molecule has 0 unspecified atom stereocenters. The zero-order chi connectivity index (χ0) is 23.3. The minimum absolute atomic E-state index is 0.769. The molecule has 0 amide bonds. The van der Waals surface area contributed by atoms with Crippen LogP contribution in [0, 0.1) is 0 Å². The van der Waals surface area contributed by atoms with Crippen LogP contribution < -0.4 is 4.48 Å². The summed E-state index contributed by atoms with van der Waals surface area (Å²) in [5.41, 5.74) is 11.2. The summed E-state index contributed by atoms with van der Waals surface area (Å²) in [7, 11) is 6.52. The lowest BCUT2D eigenvalue weighted by Gasteiger charge is -2.23. The van der Waals surface area contributed by atoms with Gasteiger partial charge in [0.25, 0.3) is 0 Å². The summed E-state index contributed by atoms with van der Waals surface area (Å²) in [5.74, 6) is 0. The lowest BCUT2D eigenvalue weighted by Crippen LogP contribution is -2.34. The van der Waals surface area contributed by atoms with Gasteiger partial charge in [0.15, 0.2) is 0 Å². The van der Waals surface area contributed by atoms with Crippen molar-refractivity contribution in [2.24, 2.45) is 0 Å². The summed E-state index contributed by atoms with van der Waals surface area (Å²) in [6.45, 7) is 0. The Kier molecular flexibility index (Phi) is 4.61. The van der Waals surface area contributed by atoms with Crippen LogP contribution in [0.1, 0.15) is 22.8 Å². The number of hydrogen-bond donors (Lipinski definition) is 2. The quantitative estimate of drug-likeness (QED) is 0.299. The minimum atomic E-state index is 0.769. The molecule has 0 radical (unpaired) electrons. The summed E-state index contributed by atoms with van der Waals surface area (Å²) in [5, 5.41) is 0. The third-order valence-corrected chi connectivity index (χ3v) is 6.15. The number of benzene rings is 1. The van der Waals surface area contributed by atoms with E-state index in [0.717, 1.165) is 60.5 Å². The topological polar surface area (TPSA) is 57.4 Å². The van der Waals surface area contributed by atoms with Gasteiger partial charge in [-0.05, 0) is 96.6 Å². The number of aromatic amines is 2. The molecular formula is C29H26N5+. The molecule has 1 aromatic carbocycles. The number of aromatic nitrogens is 4. The van der Waals surface area contributed by atoms with E-state index in [2.05, 4.69) is 122 Å². The van der Waals surface area contributed by atoms with Gasteiger partial charge in [0, 0.05) is 27.6 Å². The number of quaternary nitrogens is 1. The fourth-order valence-corrected chi connectivity index (χ4v) is 4.38. The van der Waals surface area contributed by atoms with E-state index in [1.807, 2.05) is 0 Å². The van der Waals surface area contributed by atoms with Gasteiger partial charge >= 0.3 is 0 Å². The van der Waals surface area contributed by atoms with Gasteiger partial charge in [-0.3, -0.25) is 4.48 Å². The van der Waals surface area contributed by atoms with Gasteiger partial charge in [0.05, 0.1) is 43.9 Å². The SMILES string of the molecule is C[N+](C)(C)c1ccc(-c2c3nc(cc4ccc(cc5ccc(cc6nc2C=C6)[nH]5)[nH]4)C=C3)cc1. The van der Waals surface area contributed by atoms with Crippen molar-refractivity contribution in [1.29, 1.82) is 0 Å². The fourth-order valence-electron chi connectivity index (χ4n) is 4.38. The predicted octanol–water partition coefficient (Wildman–Crippen LogP) is 6.52. The maximum absolute atomic E-state index is 4.96. The number of nitrogens with zero attached hydrogens (tertiary/aromatic N) is 3. The summed E-state index contributed by atoms with van der Waals surface area (Å²) in [6, 6.07) is 23.3. The van der Waals surface area contributed by atoms with Crippen LogP contribution in [0.3, 0.4) is 0 Å². The molecule has 0 atom stereocenters. The van der Waals surface area contributed by atoms with Crippen LogP contribution in [-0.4, -0.2) is 41.1 Å². The van der Waals surface area contributed by atoms with Crippen molar-refractivity contribution in [3.63, 3.8) is 0 Å². The molecule has 5 nitrogen and oxygen atoms in total. The van der Waals surface area contributed by atoms with Gasteiger partial charge in [0.1, 0.15) is 5.69 Å². The van der Waals surface area contributed by atoms with Gasteiger partial charge in [-0.25, -0.2) is 9.97 Å². The third kappa shape index (κ3) is 3.87. The van der Waals surface area contributed by atoms with Crippen LogP contribution in [0.2, 0.25) is 0 Å². The van der Waals surface area contributed by atoms with Gasteiger partial charge in [-0.2, -0.15) is 0 Å². The molecular weight excluding hydrogens is 418 g/mol. The molecule has 0 saturated heterocycles. The lowest BCUT2D eigenvalue weighted by molar-refractivity contribution is 0.486. The molecule has 8 bridgehead atoms. The van der Waals surface area contributed by atoms with Crippen LogP contribution in [0.5, 0.6) is 0 Å². The standard InChI is InChI=1S/C29H26N5/c1-34(2,3)26-12-4-19(5-13-26)29-27-14-10-24(32-27)17-22-8-6-20(30-22)16-21-7-9-23(31-21)18-25-11-15-28(29)33-25/h4-18,30-31H,1-3H3/q+1. The van der Waals surface area contributed by atoms with Gasteiger partial charge in [-0.1, -0.05) is 0 Å². The predicted molar refractivity (Wildman–Crippen MR) is 144 cm³/mol. The molecule has 6 rings (SSSR count). The largest absolute Gasteiger partial charge is 0.355 e. The first-order chi connectivity index (χ1) is 16.4. The molecule has 2 aliphatic heterocycles. The molecule has 0 aliphatic carbocycles. The van der Waals surface area contributed by atoms with Crippen LogP contribution in [0.4, 0.5) is 5.69 Å². The zero-order valence-electron chi connectivity index (χ0n) is 19.5. The molecule has 34 heavy (non-hydrogen) atoms. The zero-order valence-corrected chi connectivity index (χ0v) is 19.5. The normalized spacial score (nSPS) is 12.9. The lowest BCUT2D eigenvalue weighted by atomic mass is 10.0. The molecule has 3 aromatic heterocycles. The highest BCUT2D eigenvalue weighted by molar-refractivity contribution is 5.89. The highest BCUT2D eigenvalue weighted by Gasteiger charge is 2.16. The van der Waals surface area contributed by atoms with Crippen molar-refractivity contribution >= 4 is 52.1 Å². The molecule has 5 heteroatoms. The Balaban J connectivity index is 1.65. The molecule has 0 spiro atoms. The summed E-state index contributed by atoms with van der Waals surface area (Å²) >= 11 is 0. The van der Waals surface area contributed by atoms with E-state index in [4.69, 9.17) is 9.97 Å². The Morgan fingerprint density at radius 2 is 1.03 bits per heavy atom. The molecule has 4 aromatic rings. The van der Waals surface area contributed by atoms with Crippen LogP contribution >= 0.6 is 0 Å². The highest BCUT2D eigenvalue weighted by Crippen LogP contribution is 2.32. The first-order valence-corrected chi connectivity index (χ1v) is 11.4. The molecule has 5 heterocycles. The first-order valence-electron chi connectivity index (χ1n) is 11.4. The van der Waals surface area contributed by atoms with E-state index in [-0.39, 0.29) is 0 Å². The summed E-state index contributed by atoms with van der Waals surface area (Å²) < 4.78 is 0.769. The Morgan fingerprint density at radius 1 is 0.559 bits per heavy atom. The number of hydrogen-bond acceptors (Lipinski definition) is 2. The molecule has 0 saturated carbocycles. The van der Waals surface area contributed by atoms with Crippen LogP contribution in [0.25, 0.3) is 57.5 Å². The Morgan fingerprint density at radius 3 is 1.50 bits per heavy atom. The second kappa shape index (κ2) is 7.68. The van der Waals surface area contributed by atoms with Crippen molar-refractivity contribution in [2.45, 2.75) is 0 Å². The van der Waals surface area contributed by atoms with E-state index in [1.165, 1.54) is 5.69 Å². The number of H-pyrrole nitrogens is 2. The first kappa shape index (κ1) is 20.4. The Hall–Kier alpha value is -4.22. The van der Waals surface area contributed by atoms with E-state index in [9.17, 15) is 0 Å². The molecule has 2 N–H and O–H groups in total. The number of fused-ring (bicyclic) bond motifs is 8. The maximum atomic E-state index is 4.96. The third-order valence-electron chi connectivity index (χ3n) is 6.15. The number of rotatable bonds is 2. The van der Waals surface area contributed by atoms with Crippen molar-refractivity contribution in [3.8, 4) is 11.1 Å². The van der Waals surface area contributed by atoms with Gasteiger partial charge in [0.2, 0.25) is 0 Å². The van der Waals surface area contributed by atoms with Crippen molar-refractivity contribution in [1.82, 2.24) is 24.4 Å². The highest BCUT2D eigenvalue weighted by atomic mass is 15.3. The van der Waals surface area contributed by atoms with Crippen molar-refractivity contribution < 1.29 is 0 Å². The summed E-state index contributed by atoms with van der Waals surface area (Å²) in [6.07, 6.45) is 8.28. The average Bonchev–Trinajstić information content (AvgIpc) is 3.59. The maximum Gasteiger partial charge on any atom is 0.132 e. The minimum Gasteiger partial charge on any atom is -0.355 e. The molecule has 166 valence electrons. The second-order valence-electron chi connectivity index (χ2n) is 9.62. The average molecular weight is 445 g/mol. The molecule has 0 fully saturated rings.